The molecule has 0 saturated carbocycles. The highest BCUT2D eigenvalue weighted by Crippen LogP contribution is 2.45. The third-order valence-corrected chi connectivity index (χ3v) is 5.79. The number of aromatic hydroxyl groups is 1. The molecular weight excluding hydrogens is 447 g/mol. The Morgan fingerprint density at radius 1 is 1.06 bits per heavy atom. The number of phenolic OH excluding ortho intramolecular Hbond substituents is 1. The van der Waals surface area contributed by atoms with Gasteiger partial charge in [-0.2, -0.15) is 23.3 Å². The summed E-state index contributed by atoms with van der Waals surface area (Å²) in [5.74, 6) is 0.731. The Balaban J connectivity index is 1.76. The third-order valence-electron chi connectivity index (χ3n) is 4.97. The number of thiazole rings is 1. The first kappa shape index (κ1) is 21.9. The number of benzene rings is 2. The van der Waals surface area contributed by atoms with Crippen molar-refractivity contribution >= 4 is 22.2 Å². The van der Waals surface area contributed by atoms with E-state index in [9.17, 15) is 23.4 Å². The molecule has 7 nitrogen and oxygen atoms in total. The summed E-state index contributed by atoms with van der Waals surface area (Å²) in [5, 5.41) is 26.3. The Morgan fingerprint density at radius 3 is 2.47 bits per heavy atom. The van der Waals surface area contributed by atoms with E-state index in [0.717, 1.165) is 11.3 Å². The molecule has 11 heteroatoms. The van der Waals surface area contributed by atoms with Crippen molar-refractivity contribution in [2.75, 3.05) is 19.2 Å². The van der Waals surface area contributed by atoms with Gasteiger partial charge in [-0.05, 0) is 30.3 Å². The number of halogens is 3. The van der Waals surface area contributed by atoms with Crippen LogP contribution in [0.1, 0.15) is 12.0 Å². The van der Waals surface area contributed by atoms with Gasteiger partial charge in [0.05, 0.1) is 32.0 Å². The Hall–Kier alpha value is -3.31. The van der Waals surface area contributed by atoms with Crippen molar-refractivity contribution in [2.45, 2.75) is 18.3 Å². The van der Waals surface area contributed by atoms with Gasteiger partial charge in [-0.15, -0.1) is 11.3 Å². The molecule has 2 aromatic carbocycles. The van der Waals surface area contributed by atoms with E-state index in [4.69, 9.17) is 9.47 Å². The Labute approximate surface area is 185 Å². The van der Waals surface area contributed by atoms with E-state index in [1.165, 1.54) is 37.8 Å². The first-order valence-electron chi connectivity index (χ1n) is 9.30. The summed E-state index contributed by atoms with van der Waals surface area (Å²) >= 11 is 0.898. The molecule has 3 aromatic rings. The van der Waals surface area contributed by atoms with Crippen molar-refractivity contribution in [2.24, 2.45) is 5.10 Å². The van der Waals surface area contributed by atoms with Gasteiger partial charge in [0.25, 0.3) is 5.72 Å². The van der Waals surface area contributed by atoms with Crippen LogP contribution < -0.4 is 14.5 Å². The van der Waals surface area contributed by atoms with E-state index in [2.05, 4.69) is 10.1 Å². The van der Waals surface area contributed by atoms with Gasteiger partial charge >= 0.3 is 6.18 Å². The van der Waals surface area contributed by atoms with E-state index in [1.807, 2.05) is 0 Å². The topological polar surface area (TPSA) is 87.4 Å². The van der Waals surface area contributed by atoms with E-state index in [0.29, 0.717) is 33.3 Å². The number of methoxy groups -OCH3 is 2. The monoisotopic (exact) mass is 465 g/mol. The molecule has 1 atom stereocenters. The van der Waals surface area contributed by atoms with Crippen LogP contribution in [0.25, 0.3) is 11.3 Å². The summed E-state index contributed by atoms with van der Waals surface area (Å²) in [6.45, 7) is 0. The van der Waals surface area contributed by atoms with Gasteiger partial charge in [-0.1, -0.05) is 12.1 Å². The summed E-state index contributed by atoms with van der Waals surface area (Å²) in [6, 6.07) is 10.8. The quantitative estimate of drug-likeness (QED) is 0.581. The predicted molar refractivity (Wildman–Crippen MR) is 113 cm³/mol. The van der Waals surface area contributed by atoms with Gasteiger partial charge in [0.15, 0.2) is 11.5 Å². The molecule has 0 unspecified atom stereocenters. The molecule has 4 rings (SSSR count). The van der Waals surface area contributed by atoms with Crippen molar-refractivity contribution in [3.8, 4) is 28.5 Å². The molecule has 1 aromatic heterocycles. The fourth-order valence-corrected chi connectivity index (χ4v) is 4.15. The first-order valence-corrected chi connectivity index (χ1v) is 10.2. The predicted octanol–water partition coefficient (Wildman–Crippen LogP) is 4.40. The fourth-order valence-electron chi connectivity index (χ4n) is 3.30. The fraction of sp³-hybridized carbons (Fsp3) is 0.238. The minimum Gasteiger partial charge on any atom is -0.508 e. The number of phenols is 1. The number of aliphatic hydroxyl groups is 1. The van der Waals surface area contributed by atoms with Crippen molar-refractivity contribution in [1.29, 1.82) is 0 Å². The zero-order chi connectivity index (χ0) is 23.1. The van der Waals surface area contributed by atoms with Gasteiger partial charge in [0, 0.05) is 16.5 Å². The molecule has 1 aliphatic rings. The van der Waals surface area contributed by atoms with Crippen LogP contribution in [0, 0.1) is 0 Å². The molecular formula is C21H18F3N3O4S. The van der Waals surface area contributed by atoms with Crippen LogP contribution in [-0.2, 0) is 0 Å². The molecule has 2 heterocycles. The maximum absolute atomic E-state index is 14.0. The van der Waals surface area contributed by atoms with Crippen LogP contribution in [0.5, 0.6) is 17.2 Å². The summed E-state index contributed by atoms with van der Waals surface area (Å²) in [4.78, 5) is 4.22. The smallest absolute Gasteiger partial charge is 0.438 e. The maximum atomic E-state index is 14.0. The van der Waals surface area contributed by atoms with Crippen LogP contribution in [0.4, 0.5) is 18.3 Å². The van der Waals surface area contributed by atoms with Crippen LogP contribution >= 0.6 is 11.3 Å². The molecule has 0 spiro atoms. The van der Waals surface area contributed by atoms with Crippen molar-refractivity contribution in [3.05, 3.63) is 53.4 Å². The Kier molecular flexibility index (Phi) is 5.47. The summed E-state index contributed by atoms with van der Waals surface area (Å²) < 4.78 is 52.2. The lowest BCUT2D eigenvalue weighted by Crippen LogP contribution is -2.55. The number of anilines is 1. The molecule has 0 bridgehead atoms. The lowest BCUT2D eigenvalue weighted by Gasteiger charge is -2.32. The molecule has 1 aliphatic heterocycles. The van der Waals surface area contributed by atoms with Crippen molar-refractivity contribution < 1.29 is 32.9 Å². The first-order chi connectivity index (χ1) is 15.2. The maximum Gasteiger partial charge on any atom is 0.438 e. The van der Waals surface area contributed by atoms with Gasteiger partial charge in [-0.25, -0.2) is 4.98 Å². The van der Waals surface area contributed by atoms with Crippen LogP contribution in [0.3, 0.4) is 0 Å². The molecule has 32 heavy (non-hydrogen) atoms. The minimum absolute atomic E-state index is 0.00113. The highest BCUT2D eigenvalue weighted by molar-refractivity contribution is 7.14. The molecule has 0 radical (unpaired) electrons. The molecule has 0 fully saturated rings. The third kappa shape index (κ3) is 3.73. The highest BCUT2D eigenvalue weighted by Gasteiger charge is 2.62. The zero-order valence-electron chi connectivity index (χ0n) is 16.9. The van der Waals surface area contributed by atoms with Gasteiger partial charge < -0.3 is 19.7 Å². The molecule has 0 saturated heterocycles. The number of aromatic nitrogens is 1. The molecule has 0 amide bonds. The lowest BCUT2D eigenvalue weighted by atomic mass is 10.0. The second-order valence-corrected chi connectivity index (χ2v) is 7.82. The minimum atomic E-state index is -5.01. The van der Waals surface area contributed by atoms with Crippen LogP contribution in [-0.4, -0.2) is 47.0 Å². The van der Waals surface area contributed by atoms with Gasteiger partial charge in [0.1, 0.15) is 5.75 Å². The number of hydrogen-bond donors (Lipinski definition) is 2. The SMILES string of the molecule is COc1ccc(C2=NN(c3nc(-c4cccc(O)c4)cs3)[C@@](O)(C(F)(F)F)C2)cc1OC. The molecule has 0 aliphatic carbocycles. The standard InChI is InChI=1S/C21H18F3N3O4S/c1-30-17-7-6-13(9-18(17)31-2)15-10-20(29,21(22,23)24)27(26-15)19-25-16(11-32-19)12-4-3-5-14(28)8-12/h3-9,11,28-29H,10H2,1-2H3/t20-/m0/s1. The van der Waals surface area contributed by atoms with Crippen LogP contribution in [0.15, 0.2) is 52.9 Å². The number of hydrogen-bond acceptors (Lipinski definition) is 8. The summed E-state index contributed by atoms with van der Waals surface area (Å²) in [7, 11) is 2.86. The van der Waals surface area contributed by atoms with Crippen LogP contribution in [0.2, 0.25) is 0 Å². The average Bonchev–Trinajstić information content (AvgIpc) is 3.38. The van der Waals surface area contributed by atoms with E-state index in [1.54, 1.807) is 24.3 Å². The number of hydrazone groups is 1. The Bertz CT molecular complexity index is 1180. The normalized spacial score (nSPS) is 18.6. The van der Waals surface area contributed by atoms with Gasteiger partial charge in [-0.3, -0.25) is 0 Å². The molecule has 168 valence electrons. The number of nitrogens with zero attached hydrogens (tertiary/aromatic N) is 3. The van der Waals surface area contributed by atoms with Gasteiger partial charge in [0.2, 0.25) is 5.13 Å². The van der Waals surface area contributed by atoms with E-state index in [-0.39, 0.29) is 16.6 Å². The van der Waals surface area contributed by atoms with Crippen molar-refractivity contribution in [1.82, 2.24) is 4.98 Å². The highest BCUT2D eigenvalue weighted by atomic mass is 32.1. The Morgan fingerprint density at radius 2 is 1.81 bits per heavy atom. The average molecular weight is 465 g/mol. The second kappa shape index (κ2) is 7.99. The summed E-state index contributed by atoms with van der Waals surface area (Å²) in [5.41, 5.74) is -2.05. The number of alkyl halides is 3. The summed E-state index contributed by atoms with van der Waals surface area (Å²) in [6.07, 6.45) is -5.81. The molecule has 2 N–H and O–H groups in total. The number of rotatable bonds is 5. The zero-order valence-corrected chi connectivity index (χ0v) is 17.7. The largest absolute Gasteiger partial charge is 0.508 e. The van der Waals surface area contributed by atoms with Crippen molar-refractivity contribution in [3.63, 3.8) is 0 Å². The second-order valence-electron chi connectivity index (χ2n) is 6.99. The van der Waals surface area contributed by atoms with E-state index < -0.39 is 18.3 Å². The lowest BCUT2D eigenvalue weighted by molar-refractivity contribution is -0.254. The van der Waals surface area contributed by atoms with E-state index >= 15 is 0 Å². The number of ether oxygens (including phenoxy) is 2.